The molecule has 0 fully saturated rings. The Morgan fingerprint density at radius 3 is 2.88 bits per heavy atom. The van der Waals surface area contributed by atoms with E-state index in [2.05, 4.69) is 6.07 Å². The topological polar surface area (TPSA) is 42.2 Å². The normalized spacial score (nSPS) is 15.2. The van der Waals surface area contributed by atoms with Gasteiger partial charge in [0.25, 0.3) is 0 Å². The minimum absolute atomic E-state index is 0.299. The summed E-state index contributed by atoms with van der Waals surface area (Å²) in [5.41, 5.74) is 0. The van der Waals surface area contributed by atoms with Crippen LogP contribution in [0.15, 0.2) is 23.1 Å². The van der Waals surface area contributed by atoms with Gasteiger partial charge in [-0.1, -0.05) is 6.92 Å². The summed E-state index contributed by atoms with van der Waals surface area (Å²) in [6.07, 6.45) is 0.555. The molecule has 1 aliphatic heterocycles. The number of ether oxygens (including phenoxy) is 2. The van der Waals surface area contributed by atoms with Crippen LogP contribution in [0.5, 0.6) is 11.5 Å². The highest BCUT2D eigenvalue weighted by molar-refractivity contribution is 8.00. The van der Waals surface area contributed by atoms with Gasteiger partial charge in [0.05, 0.1) is 6.07 Å². The van der Waals surface area contributed by atoms with Crippen LogP contribution in [-0.4, -0.2) is 18.5 Å². The minimum atomic E-state index is 0.299. The molecular formula is C12H13NO2S. The van der Waals surface area contributed by atoms with Crippen molar-refractivity contribution in [3.63, 3.8) is 0 Å². The summed E-state index contributed by atoms with van der Waals surface area (Å²) in [5.74, 6) is 1.61. The molecule has 1 atom stereocenters. The van der Waals surface area contributed by atoms with E-state index in [9.17, 15) is 0 Å². The second-order valence-electron chi connectivity index (χ2n) is 3.60. The van der Waals surface area contributed by atoms with Gasteiger partial charge in [-0.15, -0.1) is 11.8 Å². The summed E-state index contributed by atoms with van der Waals surface area (Å²) < 4.78 is 10.9. The molecule has 0 radical (unpaired) electrons. The molecule has 0 N–H and O–H groups in total. The van der Waals surface area contributed by atoms with Crippen molar-refractivity contribution in [3.05, 3.63) is 18.2 Å². The lowest BCUT2D eigenvalue weighted by molar-refractivity contribution is 0.171. The molecule has 2 rings (SSSR count). The van der Waals surface area contributed by atoms with Crippen LogP contribution in [0, 0.1) is 11.3 Å². The Bertz CT molecular complexity index is 414. The molecule has 0 aromatic heterocycles. The van der Waals surface area contributed by atoms with E-state index in [4.69, 9.17) is 14.7 Å². The molecule has 3 nitrogen and oxygen atoms in total. The Morgan fingerprint density at radius 1 is 1.38 bits per heavy atom. The zero-order valence-corrected chi connectivity index (χ0v) is 9.92. The SMILES string of the molecule is CC(CC#N)Sc1ccc2c(c1)OCCO2. The maximum Gasteiger partial charge on any atom is 0.162 e. The number of fused-ring (bicyclic) bond motifs is 1. The number of hydrogen-bond acceptors (Lipinski definition) is 4. The molecule has 1 heterocycles. The number of hydrogen-bond donors (Lipinski definition) is 0. The fourth-order valence-electron chi connectivity index (χ4n) is 1.50. The van der Waals surface area contributed by atoms with Gasteiger partial charge in [0.15, 0.2) is 11.5 Å². The zero-order valence-electron chi connectivity index (χ0n) is 9.10. The third kappa shape index (κ3) is 2.61. The maximum atomic E-state index is 8.60. The molecule has 4 heteroatoms. The van der Waals surface area contributed by atoms with Gasteiger partial charge in [0.2, 0.25) is 0 Å². The van der Waals surface area contributed by atoms with Crippen LogP contribution in [0.25, 0.3) is 0 Å². The average molecular weight is 235 g/mol. The van der Waals surface area contributed by atoms with E-state index in [0.717, 1.165) is 16.4 Å². The van der Waals surface area contributed by atoms with Crippen LogP contribution < -0.4 is 9.47 Å². The number of rotatable bonds is 3. The Labute approximate surface area is 99.4 Å². The number of benzene rings is 1. The van der Waals surface area contributed by atoms with Gasteiger partial charge < -0.3 is 9.47 Å². The van der Waals surface area contributed by atoms with E-state index in [-0.39, 0.29) is 0 Å². The molecule has 0 aliphatic carbocycles. The highest BCUT2D eigenvalue weighted by Gasteiger charge is 2.13. The molecule has 0 spiro atoms. The lowest BCUT2D eigenvalue weighted by Crippen LogP contribution is -2.15. The third-order valence-corrected chi connectivity index (χ3v) is 3.32. The molecule has 1 aliphatic rings. The monoisotopic (exact) mass is 235 g/mol. The van der Waals surface area contributed by atoms with Crippen LogP contribution in [0.3, 0.4) is 0 Å². The lowest BCUT2D eigenvalue weighted by atomic mass is 10.3. The first-order chi connectivity index (χ1) is 7.79. The van der Waals surface area contributed by atoms with Crippen LogP contribution in [0.1, 0.15) is 13.3 Å². The average Bonchev–Trinajstić information content (AvgIpc) is 2.29. The van der Waals surface area contributed by atoms with Gasteiger partial charge in [-0.25, -0.2) is 0 Å². The Hall–Kier alpha value is -1.34. The minimum Gasteiger partial charge on any atom is -0.486 e. The Kier molecular flexibility index (Phi) is 3.58. The van der Waals surface area contributed by atoms with Gasteiger partial charge in [0.1, 0.15) is 13.2 Å². The highest BCUT2D eigenvalue weighted by Crippen LogP contribution is 2.35. The van der Waals surface area contributed by atoms with Crippen LogP contribution in [0.4, 0.5) is 0 Å². The van der Waals surface area contributed by atoms with Crippen molar-refractivity contribution in [2.24, 2.45) is 0 Å². The molecule has 1 aromatic rings. The van der Waals surface area contributed by atoms with E-state index in [0.29, 0.717) is 24.9 Å². The molecule has 84 valence electrons. The van der Waals surface area contributed by atoms with Crippen LogP contribution in [0.2, 0.25) is 0 Å². The first kappa shape index (κ1) is 11.2. The highest BCUT2D eigenvalue weighted by atomic mass is 32.2. The van der Waals surface area contributed by atoms with Crippen LogP contribution >= 0.6 is 11.8 Å². The largest absolute Gasteiger partial charge is 0.486 e. The van der Waals surface area contributed by atoms with Crippen molar-refractivity contribution in [1.82, 2.24) is 0 Å². The molecular weight excluding hydrogens is 222 g/mol. The van der Waals surface area contributed by atoms with Crippen molar-refractivity contribution >= 4 is 11.8 Å². The molecule has 1 unspecified atom stereocenters. The summed E-state index contributed by atoms with van der Waals surface area (Å²) in [7, 11) is 0. The number of thioether (sulfide) groups is 1. The summed E-state index contributed by atoms with van der Waals surface area (Å²) in [5, 5.41) is 8.90. The van der Waals surface area contributed by atoms with E-state index in [1.165, 1.54) is 0 Å². The Morgan fingerprint density at radius 2 is 2.12 bits per heavy atom. The van der Waals surface area contributed by atoms with Gasteiger partial charge in [-0.05, 0) is 18.2 Å². The number of nitrogens with zero attached hydrogens (tertiary/aromatic N) is 1. The predicted molar refractivity (Wildman–Crippen MR) is 63.0 cm³/mol. The summed E-state index contributed by atoms with van der Waals surface area (Å²) in [6.45, 7) is 3.27. The zero-order chi connectivity index (χ0) is 11.4. The second-order valence-corrected chi connectivity index (χ2v) is 5.11. The van der Waals surface area contributed by atoms with Gasteiger partial charge in [0, 0.05) is 16.6 Å². The number of nitriles is 1. The van der Waals surface area contributed by atoms with E-state index in [1.54, 1.807) is 11.8 Å². The smallest absolute Gasteiger partial charge is 0.162 e. The Balaban J connectivity index is 2.08. The van der Waals surface area contributed by atoms with Crippen molar-refractivity contribution in [3.8, 4) is 17.6 Å². The molecule has 16 heavy (non-hydrogen) atoms. The van der Waals surface area contributed by atoms with Gasteiger partial charge in [-0.2, -0.15) is 5.26 Å². The van der Waals surface area contributed by atoms with Crippen molar-refractivity contribution in [2.75, 3.05) is 13.2 Å². The third-order valence-electron chi connectivity index (χ3n) is 2.23. The molecule has 1 aromatic carbocycles. The first-order valence-corrected chi connectivity index (χ1v) is 6.11. The van der Waals surface area contributed by atoms with Gasteiger partial charge in [-0.3, -0.25) is 0 Å². The fraction of sp³-hybridized carbons (Fsp3) is 0.417. The summed E-state index contributed by atoms with van der Waals surface area (Å²) >= 11 is 1.68. The van der Waals surface area contributed by atoms with Crippen molar-refractivity contribution < 1.29 is 9.47 Å². The standard InChI is InChI=1S/C12H13NO2S/c1-9(4-5-13)16-10-2-3-11-12(8-10)15-7-6-14-11/h2-3,8-9H,4,6-7H2,1H3. The first-order valence-electron chi connectivity index (χ1n) is 5.23. The van der Waals surface area contributed by atoms with Gasteiger partial charge >= 0.3 is 0 Å². The second kappa shape index (κ2) is 5.13. The lowest BCUT2D eigenvalue weighted by Gasteiger charge is -2.19. The quantitative estimate of drug-likeness (QED) is 0.755. The van der Waals surface area contributed by atoms with Crippen molar-refractivity contribution in [2.45, 2.75) is 23.5 Å². The van der Waals surface area contributed by atoms with Crippen LogP contribution in [-0.2, 0) is 0 Å². The van der Waals surface area contributed by atoms with Crippen molar-refractivity contribution in [1.29, 1.82) is 5.26 Å². The van der Waals surface area contributed by atoms with E-state index < -0.39 is 0 Å². The summed E-state index contributed by atoms with van der Waals surface area (Å²) in [6, 6.07) is 8.08. The molecule has 0 saturated carbocycles. The predicted octanol–water partition coefficient (Wildman–Crippen LogP) is 2.85. The van der Waals surface area contributed by atoms with E-state index >= 15 is 0 Å². The maximum absolute atomic E-state index is 8.60. The van der Waals surface area contributed by atoms with E-state index in [1.807, 2.05) is 25.1 Å². The molecule has 0 amide bonds. The fourth-order valence-corrected chi connectivity index (χ4v) is 2.44. The summed E-state index contributed by atoms with van der Waals surface area (Å²) in [4.78, 5) is 1.12. The molecule has 0 saturated heterocycles. The molecule has 0 bridgehead atoms.